The maximum absolute atomic E-state index is 11.7. The van der Waals surface area contributed by atoms with Crippen LogP contribution in [0.1, 0.15) is 27.2 Å². The van der Waals surface area contributed by atoms with E-state index < -0.39 is 0 Å². The van der Waals surface area contributed by atoms with Gasteiger partial charge in [0.05, 0.1) is 5.69 Å². The van der Waals surface area contributed by atoms with Gasteiger partial charge < -0.3 is 9.64 Å². The summed E-state index contributed by atoms with van der Waals surface area (Å²) < 4.78 is 5.57. The molecule has 1 atom stereocenters. The zero-order valence-electron chi connectivity index (χ0n) is 10.4. The smallest absolute Gasteiger partial charge is 0.267 e. The molecule has 0 N–H and O–H groups in total. The van der Waals surface area contributed by atoms with E-state index in [0.717, 1.165) is 11.4 Å². The number of anilines is 1. The van der Waals surface area contributed by atoms with Gasteiger partial charge in [0, 0.05) is 7.05 Å². The van der Waals surface area contributed by atoms with Gasteiger partial charge in [-0.05, 0) is 18.6 Å². The molecule has 3 nitrogen and oxygen atoms in total. The Labute approximate surface area is 97.0 Å². The summed E-state index contributed by atoms with van der Waals surface area (Å²) in [6.45, 7) is 5.95. The molecule has 0 saturated carbocycles. The maximum atomic E-state index is 11.7. The molecule has 1 heterocycles. The third-order valence-corrected chi connectivity index (χ3v) is 2.47. The third kappa shape index (κ3) is 2.18. The molecule has 16 heavy (non-hydrogen) atoms. The summed E-state index contributed by atoms with van der Waals surface area (Å²) in [5.41, 5.74) is 0.849. The van der Waals surface area contributed by atoms with E-state index in [2.05, 4.69) is 0 Å². The Morgan fingerprint density at radius 3 is 2.56 bits per heavy atom. The number of carbonyl (C=O) groups is 1. The lowest BCUT2D eigenvalue weighted by Crippen LogP contribution is -2.43. The van der Waals surface area contributed by atoms with Crippen LogP contribution >= 0.6 is 0 Å². The van der Waals surface area contributed by atoms with Crippen LogP contribution in [0.3, 0.4) is 0 Å². The Balaban J connectivity index is 0.000000606. The molecule has 0 aromatic heterocycles. The van der Waals surface area contributed by atoms with Crippen LogP contribution in [0, 0.1) is 0 Å². The van der Waals surface area contributed by atoms with Gasteiger partial charge in [-0.1, -0.05) is 32.9 Å². The summed E-state index contributed by atoms with van der Waals surface area (Å²) in [5.74, 6) is 0.827. The predicted octanol–water partition coefficient (Wildman–Crippen LogP) is 2.85. The van der Waals surface area contributed by atoms with Gasteiger partial charge in [0.1, 0.15) is 5.75 Å². The zero-order chi connectivity index (χ0) is 12.1. The Morgan fingerprint density at radius 1 is 1.31 bits per heavy atom. The molecular formula is C13H19NO2. The summed E-state index contributed by atoms with van der Waals surface area (Å²) in [7, 11) is 1.78. The fraction of sp³-hybridized carbons (Fsp3) is 0.462. The molecule has 3 heteroatoms. The van der Waals surface area contributed by atoms with Crippen molar-refractivity contribution in [2.75, 3.05) is 11.9 Å². The quantitative estimate of drug-likeness (QED) is 0.729. The lowest BCUT2D eigenvalue weighted by molar-refractivity contribution is -0.126. The summed E-state index contributed by atoms with van der Waals surface area (Å²) >= 11 is 0. The first-order valence-electron chi connectivity index (χ1n) is 5.77. The van der Waals surface area contributed by atoms with Gasteiger partial charge in [-0.3, -0.25) is 4.79 Å². The van der Waals surface area contributed by atoms with E-state index in [0.29, 0.717) is 6.42 Å². The zero-order valence-corrected chi connectivity index (χ0v) is 10.4. The number of para-hydroxylation sites is 2. The SMILES string of the molecule is CC.CCC1Oc2ccccc2N(C)C1=O. The fourth-order valence-electron chi connectivity index (χ4n) is 1.63. The molecule has 1 aromatic carbocycles. The number of fused-ring (bicyclic) bond motifs is 1. The molecule has 0 bridgehead atoms. The highest BCUT2D eigenvalue weighted by Gasteiger charge is 2.30. The minimum atomic E-state index is -0.324. The number of rotatable bonds is 1. The number of amides is 1. The number of hydrogen-bond donors (Lipinski definition) is 0. The predicted molar refractivity (Wildman–Crippen MR) is 65.9 cm³/mol. The van der Waals surface area contributed by atoms with Gasteiger partial charge in [-0.2, -0.15) is 0 Å². The second-order valence-corrected chi connectivity index (χ2v) is 3.38. The molecular weight excluding hydrogens is 202 g/mol. The molecule has 0 aliphatic carbocycles. The van der Waals surface area contributed by atoms with Crippen LogP contribution < -0.4 is 9.64 Å². The molecule has 1 aromatic rings. The van der Waals surface area contributed by atoms with Crippen LogP contribution in [0.4, 0.5) is 5.69 Å². The van der Waals surface area contributed by atoms with E-state index in [1.165, 1.54) is 0 Å². The minimum Gasteiger partial charge on any atom is -0.478 e. The maximum Gasteiger partial charge on any atom is 0.267 e. The summed E-state index contributed by atoms with van der Waals surface area (Å²) in [6, 6.07) is 7.59. The second-order valence-electron chi connectivity index (χ2n) is 3.38. The van der Waals surface area contributed by atoms with E-state index in [-0.39, 0.29) is 12.0 Å². The molecule has 0 radical (unpaired) electrons. The number of nitrogens with zero attached hydrogens (tertiary/aromatic N) is 1. The number of carbonyl (C=O) groups excluding carboxylic acids is 1. The summed E-state index contributed by atoms with van der Waals surface area (Å²) in [6.07, 6.45) is 0.382. The number of likely N-dealkylation sites (N-methyl/N-ethyl adjacent to an activating group) is 1. The highest BCUT2D eigenvalue weighted by molar-refractivity contribution is 5.99. The van der Waals surface area contributed by atoms with Gasteiger partial charge in [0.25, 0.3) is 5.91 Å². The van der Waals surface area contributed by atoms with Crippen molar-refractivity contribution in [3.63, 3.8) is 0 Å². The van der Waals surface area contributed by atoms with Crippen molar-refractivity contribution in [2.45, 2.75) is 33.3 Å². The Kier molecular flexibility index (Phi) is 4.35. The lowest BCUT2D eigenvalue weighted by Gasteiger charge is -2.31. The second kappa shape index (κ2) is 5.54. The standard InChI is InChI=1S/C11H13NO2.C2H6/c1-3-9-11(13)12(2)8-6-4-5-7-10(8)14-9;1-2/h4-7,9H,3H2,1-2H3;1-2H3. The van der Waals surface area contributed by atoms with Crippen molar-refractivity contribution in [1.82, 2.24) is 0 Å². The first-order valence-corrected chi connectivity index (χ1v) is 5.77. The van der Waals surface area contributed by atoms with Crippen molar-refractivity contribution in [1.29, 1.82) is 0 Å². The third-order valence-electron chi connectivity index (χ3n) is 2.47. The van der Waals surface area contributed by atoms with Gasteiger partial charge in [0.2, 0.25) is 0 Å². The average Bonchev–Trinajstić information content (AvgIpc) is 2.36. The molecule has 2 rings (SSSR count). The molecule has 88 valence electrons. The highest BCUT2D eigenvalue weighted by Crippen LogP contribution is 2.32. The highest BCUT2D eigenvalue weighted by atomic mass is 16.5. The van der Waals surface area contributed by atoms with Crippen molar-refractivity contribution < 1.29 is 9.53 Å². The molecule has 1 amide bonds. The first-order chi connectivity index (χ1) is 7.74. The van der Waals surface area contributed by atoms with Crippen LogP contribution in [0.25, 0.3) is 0 Å². The molecule has 1 aliphatic rings. The van der Waals surface area contributed by atoms with Crippen molar-refractivity contribution in [3.8, 4) is 5.75 Å². The van der Waals surface area contributed by atoms with Crippen LogP contribution in [-0.4, -0.2) is 19.1 Å². The van der Waals surface area contributed by atoms with Gasteiger partial charge in [0.15, 0.2) is 6.10 Å². The van der Waals surface area contributed by atoms with Gasteiger partial charge >= 0.3 is 0 Å². The topological polar surface area (TPSA) is 29.5 Å². The number of hydrogen-bond acceptors (Lipinski definition) is 2. The van der Waals surface area contributed by atoms with E-state index >= 15 is 0 Å². The van der Waals surface area contributed by atoms with Crippen molar-refractivity contribution in [3.05, 3.63) is 24.3 Å². The van der Waals surface area contributed by atoms with Crippen molar-refractivity contribution in [2.24, 2.45) is 0 Å². The first kappa shape index (κ1) is 12.6. The Bertz CT molecular complexity index is 363. The fourth-order valence-corrected chi connectivity index (χ4v) is 1.63. The van der Waals surface area contributed by atoms with E-state index in [4.69, 9.17) is 4.74 Å². The van der Waals surface area contributed by atoms with Crippen molar-refractivity contribution >= 4 is 11.6 Å². The molecule has 1 unspecified atom stereocenters. The van der Waals surface area contributed by atoms with Gasteiger partial charge in [-0.15, -0.1) is 0 Å². The summed E-state index contributed by atoms with van der Waals surface area (Å²) in [5, 5.41) is 0. The largest absolute Gasteiger partial charge is 0.478 e. The van der Waals surface area contributed by atoms with Crippen LogP contribution in [0.2, 0.25) is 0 Å². The van der Waals surface area contributed by atoms with E-state index in [1.54, 1.807) is 11.9 Å². The Hall–Kier alpha value is -1.51. The Morgan fingerprint density at radius 2 is 1.94 bits per heavy atom. The van der Waals surface area contributed by atoms with Crippen LogP contribution in [0.5, 0.6) is 5.75 Å². The van der Waals surface area contributed by atoms with Crippen LogP contribution in [0.15, 0.2) is 24.3 Å². The average molecular weight is 221 g/mol. The van der Waals surface area contributed by atoms with E-state index in [9.17, 15) is 4.79 Å². The van der Waals surface area contributed by atoms with Gasteiger partial charge in [-0.25, -0.2) is 0 Å². The molecule has 1 aliphatic heterocycles. The van der Waals surface area contributed by atoms with Crippen LogP contribution in [-0.2, 0) is 4.79 Å². The number of benzene rings is 1. The summed E-state index contributed by atoms with van der Waals surface area (Å²) in [4.78, 5) is 13.4. The molecule has 0 fully saturated rings. The molecule has 0 spiro atoms. The lowest BCUT2D eigenvalue weighted by atomic mass is 10.1. The van der Waals surface area contributed by atoms with E-state index in [1.807, 2.05) is 45.0 Å². The normalized spacial score (nSPS) is 18.1. The minimum absolute atomic E-state index is 0.0335. The number of ether oxygens (including phenoxy) is 1. The monoisotopic (exact) mass is 221 g/mol. The molecule has 0 saturated heterocycles.